The Kier molecular flexibility index (Phi) is 4.10. The molecule has 1 fully saturated rings. The SMILES string of the molecule is Cc1c[nH]c(CNc2cnc(N3CCCC3=O)cn2)c(C)c1=O. The Morgan fingerprint density at radius 3 is 2.74 bits per heavy atom. The Labute approximate surface area is 133 Å². The second-order valence-electron chi connectivity index (χ2n) is 5.67. The van der Waals surface area contributed by atoms with Gasteiger partial charge in [0.15, 0.2) is 11.2 Å². The highest BCUT2D eigenvalue weighted by molar-refractivity contribution is 5.94. The number of pyridine rings is 1. The van der Waals surface area contributed by atoms with Crippen molar-refractivity contribution in [3.8, 4) is 0 Å². The molecule has 0 unspecified atom stereocenters. The fourth-order valence-corrected chi connectivity index (χ4v) is 2.61. The average molecular weight is 313 g/mol. The molecule has 0 bridgehead atoms. The minimum atomic E-state index is 0.0505. The van der Waals surface area contributed by atoms with Gasteiger partial charge in [0.2, 0.25) is 5.91 Å². The lowest BCUT2D eigenvalue weighted by Crippen LogP contribution is -2.24. The highest BCUT2D eigenvalue weighted by Crippen LogP contribution is 2.18. The molecule has 0 radical (unpaired) electrons. The molecule has 3 rings (SSSR count). The number of nitrogens with one attached hydrogen (secondary N) is 2. The van der Waals surface area contributed by atoms with Crippen molar-refractivity contribution in [2.45, 2.75) is 33.2 Å². The van der Waals surface area contributed by atoms with Crippen molar-refractivity contribution in [3.05, 3.63) is 45.6 Å². The highest BCUT2D eigenvalue weighted by atomic mass is 16.2. The van der Waals surface area contributed by atoms with E-state index in [4.69, 9.17) is 0 Å². The summed E-state index contributed by atoms with van der Waals surface area (Å²) < 4.78 is 0. The smallest absolute Gasteiger partial charge is 0.228 e. The summed E-state index contributed by atoms with van der Waals surface area (Å²) >= 11 is 0. The zero-order valence-corrected chi connectivity index (χ0v) is 13.2. The van der Waals surface area contributed by atoms with Crippen molar-refractivity contribution in [1.29, 1.82) is 0 Å². The number of H-pyrrole nitrogens is 1. The number of amides is 1. The van der Waals surface area contributed by atoms with Crippen LogP contribution in [0.3, 0.4) is 0 Å². The molecule has 2 aromatic rings. The molecular weight excluding hydrogens is 294 g/mol. The van der Waals surface area contributed by atoms with Gasteiger partial charge in [0.25, 0.3) is 0 Å². The van der Waals surface area contributed by atoms with Crippen LogP contribution in [0.1, 0.15) is 29.7 Å². The molecule has 7 nitrogen and oxygen atoms in total. The molecule has 0 spiro atoms. The molecule has 1 aliphatic rings. The van der Waals surface area contributed by atoms with Gasteiger partial charge in [-0.15, -0.1) is 0 Å². The minimum Gasteiger partial charge on any atom is -0.363 e. The monoisotopic (exact) mass is 313 g/mol. The maximum atomic E-state index is 11.9. The largest absolute Gasteiger partial charge is 0.363 e. The first kappa shape index (κ1) is 15.2. The lowest BCUT2D eigenvalue weighted by atomic mass is 10.1. The van der Waals surface area contributed by atoms with Gasteiger partial charge >= 0.3 is 0 Å². The number of hydrogen-bond donors (Lipinski definition) is 2. The van der Waals surface area contributed by atoms with E-state index in [9.17, 15) is 9.59 Å². The van der Waals surface area contributed by atoms with Crippen LogP contribution in [0.25, 0.3) is 0 Å². The number of carbonyl (C=O) groups excluding carboxylic acids is 1. The van der Waals surface area contributed by atoms with E-state index in [0.29, 0.717) is 42.3 Å². The Hall–Kier alpha value is -2.70. The van der Waals surface area contributed by atoms with Crippen LogP contribution >= 0.6 is 0 Å². The van der Waals surface area contributed by atoms with Gasteiger partial charge in [-0.25, -0.2) is 9.97 Å². The molecule has 2 N–H and O–H groups in total. The Morgan fingerprint density at radius 2 is 2.09 bits per heavy atom. The maximum Gasteiger partial charge on any atom is 0.228 e. The minimum absolute atomic E-state index is 0.0505. The summed E-state index contributed by atoms with van der Waals surface area (Å²) in [6, 6.07) is 0. The van der Waals surface area contributed by atoms with Crippen LogP contribution < -0.4 is 15.6 Å². The van der Waals surface area contributed by atoms with Crippen molar-refractivity contribution in [1.82, 2.24) is 15.0 Å². The van der Waals surface area contributed by atoms with E-state index in [0.717, 1.165) is 12.1 Å². The number of anilines is 2. The molecule has 3 heterocycles. The molecule has 1 aliphatic heterocycles. The maximum absolute atomic E-state index is 11.9. The first-order chi connectivity index (χ1) is 11.1. The van der Waals surface area contributed by atoms with Gasteiger partial charge in [-0.2, -0.15) is 0 Å². The van der Waals surface area contributed by atoms with E-state index in [1.807, 2.05) is 0 Å². The molecule has 0 atom stereocenters. The van der Waals surface area contributed by atoms with Crippen LogP contribution in [0, 0.1) is 13.8 Å². The first-order valence-corrected chi connectivity index (χ1v) is 7.60. The van der Waals surface area contributed by atoms with Gasteiger partial charge in [-0.1, -0.05) is 0 Å². The van der Waals surface area contributed by atoms with Crippen molar-refractivity contribution < 1.29 is 4.79 Å². The van der Waals surface area contributed by atoms with Crippen LogP contribution in [0.2, 0.25) is 0 Å². The summed E-state index contributed by atoms with van der Waals surface area (Å²) in [5.74, 6) is 1.27. The summed E-state index contributed by atoms with van der Waals surface area (Å²) in [6.45, 7) is 4.74. The van der Waals surface area contributed by atoms with Crippen molar-refractivity contribution in [2.75, 3.05) is 16.8 Å². The second-order valence-corrected chi connectivity index (χ2v) is 5.67. The number of carbonyl (C=O) groups is 1. The van der Waals surface area contributed by atoms with Crippen molar-refractivity contribution >= 4 is 17.5 Å². The predicted molar refractivity (Wildman–Crippen MR) is 87.5 cm³/mol. The molecule has 23 heavy (non-hydrogen) atoms. The van der Waals surface area contributed by atoms with Gasteiger partial charge in [0.1, 0.15) is 5.82 Å². The van der Waals surface area contributed by atoms with E-state index in [-0.39, 0.29) is 11.3 Å². The highest BCUT2D eigenvalue weighted by Gasteiger charge is 2.22. The molecule has 0 aliphatic carbocycles. The summed E-state index contributed by atoms with van der Waals surface area (Å²) in [6.07, 6.45) is 6.33. The van der Waals surface area contributed by atoms with Crippen LogP contribution in [0.15, 0.2) is 23.4 Å². The van der Waals surface area contributed by atoms with Gasteiger partial charge in [0.05, 0.1) is 18.9 Å². The van der Waals surface area contributed by atoms with E-state index in [1.165, 1.54) is 0 Å². The van der Waals surface area contributed by atoms with Gasteiger partial charge in [0, 0.05) is 36.0 Å². The molecule has 1 amide bonds. The van der Waals surface area contributed by atoms with Crippen LogP contribution in [0.5, 0.6) is 0 Å². The topological polar surface area (TPSA) is 91.0 Å². The Bertz CT molecular complexity index is 782. The zero-order valence-electron chi connectivity index (χ0n) is 13.2. The number of aromatic nitrogens is 3. The lowest BCUT2D eigenvalue weighted by Gasteiger charge is -2.14. The number of hydrogen-bond acceptors (Lipinski definition) is 5. The Morgan fingerprint density at radius 1 is 1.26 bits per heavy atom. The normalized spacial score (nSPS) is 14.3. The lowest BCUT2D eigenvalue weighted by molar-refractivity contribution is -0.117. The summed E-state index contributed by atoms with van der Waals surface area (Å²) in [5.41, 5.74) is 2.27. The summed E-state index contributed by atoms with van der Waals surface area (Å²) in [5, 5.41) is 3.13. The third-order valence-corrected chi connectivity index (χ3v) is 4.05. The van der Waals surface area contributed by atoms with E-state index >= 15 is 0 Å². The van der Waals surface area contributed by atoms with Crippen molar-refractivity contribution in [3.63, 3.8) is 0 Å². The van der Waals surface area contributed by atoms with E-state index in [1.54, 1.807) is 37.3 Å². The molecule has 1 saturated heterocycles. The molecule has 0 saturated carbocycles. The van der Waals surface area contributed by atoms with Gasteiger partial charge < -0.3 is 10.3 Å². The Balaban J connectivity index is 1.68. The van der Waals surface area contributed by atoms with Crippen LogP contribution in [-0.2, 0) is 11.3 Å². The number of nitrogens with zero attached hydrogens (tertiary/aromatic N) is 3. The van der Waals surface area contributed by atoms with E-state index in [2.05, 4.69) is 20.3 Å². The molecule has 7 heteroatoms. The van der Waals surface area contributed by atoms with Crippen LogP contribution in [0.4, 0.5) is 11.6 Å². The second kappa shape index (κ2) is 6.20. The third-order valence-electron chi connectivity index (χ3n) is 4.05. The number of aromatic amines is 1. The molecule has 120 valence electrons. The quantitative estimate of drug-likeness (QED) is 0.893. The summed E-state index contributed by atoms with van der Waals surface area (Å²) in [4.78, 5) is 36.9. The van der Waals surface area contributed by atoms with E-state index < -0.39 is 0 Å². The summed E-state index contributed by atoms with van der Waals surface area (Å²) in [7, 11) is 0. The molecule has 2 aromatic heterocycles. The average Bonchev–Trinajstić information content (AvgIpc) is 2.99. The third kappa shape index (κ3) is 3.08. The van der Waals surface area contributed by atoms with Crippen molar-refractivity contribution in [2.24, 2.45) is 0 Å². The molecule has 0 aromatic carbocycles. The fourth-order valence-electron chi connectivity index (χ4n) is 2.61. The fraction of sp³-hybridized carbons (Fsp3) is 0.375. The first-order valence-electron chi connectivity index (χ1n) is 7.60. The van der Waals surface area contributed by atoms with Gasteiger partial charge in [-0.3, -0.25) is 14.5 Å². The predicted octanol–water partition coefficient (Wildman–Crippen LogP) is 1.52. The molecular formula is C16H19N5O2. The standard InChI is InChI=1S/C16H19N5O2/c1-10-6-17-12(11(2)16(10)23)7-18-13-8-20-14(9-19-13)21-5-3-4-15(21)22/h6,8-9H,3-5,7H2,1-2H3,(H,17,23)(H,18,19). The number of aryl methyl sites for hydroxylation is 1. The van der Waals surface area contributed by atoms with Crippen LogP contribution in [-0.4, -0.2) is 27.4 Å². The number of rotatable bonds is 4. The van der Waals surface area contributed by atoms with Gasteiger partial charge in [-0.05, 0) is 20.3 Å². The zero-order chi connectivity index (χ0) is 16.4.